The molecule has 6 nitrogen and oxygen atoms in total. The lowest BCUT2D eigenvalue weighted by Crippen LogP contribution is -2.41. The van der Waals surface area contributed by atoms with E-state index in [9.17, 15) is 27.5 Å². The van der Waals surface area contributed by atoms with Crippen LogP contribution in [0.2, 0.25) is 0 Å². The maximum Gasteiger partial charge on any atom is 0.416 e. The van der Waals surface area contributed by atoms with Crippen molar-refractivity contribution in [3.63, 3.8) is 0 Å². The molecule has 3 heterocycles. The van der Waals surface area contributed by atoms with E-state index in [1.807, 2.05) is 0 Å². The zero-order valence-electron chi connectivity index (χ0n) is 15.6. The molecular formula is C19H19F4N3O3. The van der Waals surface area contributed by atoms with E-state index in [-0.39, 0.29) is 6.42 Å². The van der Waals surface area contributed by atoms with Crippen molar-refractivity contribution < 1.29 is 32.2 Å². The molecule has 1 amide bonds. The predicted octanol–water partition coefficient (Wildman–Crippen LogP) is 2.76. The first-order chi connectivity index (χ1) is 13.6. The molecule has 5 atom stereocenters. The highest BCUT2D eigenvalue weighted by atomic mass is 19.4. The molecule has 1 aromatic heterocycles. The fraction of sp³-hybridized carbons (Fsp3) is 0.474. The van der Waals surface area contributed by atoms with Crippen molar-refractivity contribution in [3.05, 3.63) is 47.0 Å². The number of nitrogens with zero attached hydrogens (tertiary/aromatic N) is 2. The molecule has 4 rings (SSSR count). The molecule has 0 unspecified atom stereocenters. The molecule has 1 aromatic carbocycles. The zero-order chi connectivity index (χ0) is 21.1. The predicted molar refractivity (Wildman–Crippen MR) is 93.5 cm³/mol. The quantitative estimate of drug-likeness (QED) is 0.759. The highest BCUT2D eigenvalue weighted by Gasteiger charge is 2.57. The molecule has 2 aromatic rings. The maximum absolute atomic E-state index is 14.1. The molecule has 2 aliphatic rings. The Balaban J connectivity index is 1.65. The van der Waals surface area contributed by atoms with Gasteiger partial charge in [0.05, 0.1) is 41.2 Å². The number of nitrogens with one attached hydrogen (secondary N) is 1. The van der Waals surface area contributed by atoms with Crippen LogP contribution in [0.15, 0.2) is 24.4 Å². The van der Waals surface area contributed by atoms with Gasteiger partial charge in [-0.1, -0.05) is 0 Å². The Morgan fingerprint density at radius 3 is 2.72 bits per heavy atom. The van der Waals surface area contributed by atoms with Gasteiger partial charge >= 0.3 is 6.18 Å². The van der Waals surface area contributed by atoms with Crippen molar-refractivity contribution in [2.45, 2.75) is 43.8 Å². The van der Waals surface area contributed by atoms with Crippen LogP contribution in [-0.4, -0.2) is 39.1 Å². The number of hydrogen-bond donors (Lipinski definition) is 2. The van der Waals surface area contributed by atoms with Crippen LogP contribution in [0.25, 0.3) is 0 Å². The minimum atomic E-state index is -4.66. The number of ether oxygens (including phenoxy) is 1. The summed E-state index contributed by atoms with van der Waals surface area (Å²) in [5, 5.41) is 16.8. The number of aliphatic hydroxyl groups excluding tert-OH is 1. The van der Waals surface area contributed by atoms with Gasteiger partial charge in [0.2, 0.25) is 5.91 Å². The molecule has 2 bridgehead atoms. The van der Waals surface area contributed by atoms with Gasteiger partial charge in [0.1, 0.15) is 5.82 Å². The molecule has 0 aliphatic carbocycles. The third kappa shape index (κ3) is 3.40. The first-order valence-electron chi connectivity index (χ1n) is 9.07. The summed E-state index contributed by atoms with van der Waals surface area (Å²) in [6.45, 7) is 1.76. The molecule has 2 N–H and O–H groups in total. The van der Waals surface area contributed by atoms with Crippen molar-refractivity contribution in [2.24, 2.45) is 13.0 Å². The molecule has 0 spiro atoms. The van der Waals surface area contributed by atoms with E-state index in [1.54, 1.807) is 24.9 Å². The number of carbonyl (C=O) groups excluding carboxylic acids is 1. The van der Waals surface area contributed by atoms with Gasteiger partial charge in [0, 0.05) is 25.6 Å². The standard InChI is InChI=1S/C19H19F4N3O3/c1-8-10(7-26(2)25-8)15-16(14-6-13(27)17(15)29-14)18(28)24-12-5-9(19(21,22)23)3-4-11(12)20/h3-5,7,13-17,27H,6H2,1-2H3,(H,24,28)/t13-,14+,15+,16-,17-/m0/s1. The lowest BCUT2D eigenvalue weighted by atomic mass is 9.74. The van der Waals surface area contributed by atoms with E-state index in [0.717, 1.165) is 0 Å². The Kier molecular flexibility index (Phi) is 4.66. The summed E-state index contributed by atoms with van der Waals surface area (Å²) in [7, 11) is 1.72. The molecule has 0 saturated carbocycles. The summed E-state index contributed by atoms with van der Waals surface area (Å²) in [5.74, 6) is -2.95. The Morgan fingerprint density at radius 1 is 1.38 bits per heavy atom. The summed E-state index contributed by atoms with van der Waals surface area (Å²) in [6, 6.07) is 1.85. The third-order valence-corrected chi connectivity index (χ3v) is 5.59. The van der Waals surface area contributed by atoms with Gasteiger partial charge < -0.3 is 15.2 Å². The van der Waals surface area contributed by atoms with Gasteiger partial charge in [0.15, 0.2) is 0 Å². The van der Waals surface area contributed by atoms with E-state index >= 15 is 0 Å². The second kappa shape index (κ2) is 6.81. The van der Waals surface area contributed by atoms with Gasteiger partial charge in [-0.2, -0.15) is 18.3 Å². The minimum absolute atomic E-state index is 0.226. The molecule has 2 fully saturated rings. The first kappa shape index (κ1) is 19.8. The molecule has 2 aliphatic heterocycles. The summed E-state index contributed by atoms with van der Waals surface area (Å²) >= 11 is 0. The second-order valence-corrected chi connectivity index (χ2v) is 7.52. The summed E-state index contributed by atoms with van der Waals surface area (Å²) in [4.78, 5) is 13.0. The van der Waals surface area contributed by atoms with Crippen LogP contribution >= 0.6 is 0 Å². The Labute approximate surface area is 163 Å². The van der Waals surface area contributed by atoms with Crippen molar-refractivity contribution in [1.29, 1.82) is 0 Å². The number of halogens is 4. The number of carbonyl (C=O) groups is 1. The number of benzene rings is 1. The van der Waals surface area contributed by atoms with E-state index < -0.39 is 59.3 Å². The average molecular weight is 413 g/mol. The SMILES string of the molecule is Cc1nn(C)cc1[C@H]1[C@H]2O[C@H](C[C@@H]2O)[C@@H]1C(=O)Nc1cc(C(F)(F)F)ccc1F. The van der Waals surface area contributed by atoms with Crippen LogP contribution in [0, 0.1) is 18.7 Å². The molecular weight excluding hydrogens is 394 g/mol. The topological polar surface area (TPSA) is 76.4 Å². The summed E-state index contributed by atoms with van der Waals surface area (Å²) in [5.41, 5.74) is -0.240. The Hall–Kier alpha value is -2.46. The van der Waals surface area contributed by atoms with Crippen molar-refractivity contribution >= 4 is 11.6 Å². The lowest BCUT2D eigenvalue weighted by Gasteiger charge is -2.29. The third-order valence-electron chi connectivity index (χ3n) is 5.59. The van der Waals surface area contributed by atoms with E-state index in [1.165, 1.54) is 0 Å². The average Bonchev–Trinajstić information content (AvgIpc) is 3.26. The van der Waals surface area contributed by atoms with Gasteiger partial charge in [0.25, 0.3) is 0 Å². The smallest absolute Gasteiger partial charge is 0.390 e. The minimum Gasteiger partial charge on any atom is -0.390 e. The highest BCUT2D eigenvalue weighted by molar-refractivity contribution is 5.94. The van der Waals surface area contributed by atoms with E-state index in [4.69, 9.17) is 4.74 Å². The van der Waals surface area contributed by atoms with Crippen molar-refractivity contribution in [2.75, 3.05) is 5.32 Å². The lowest BCUT2D eigenvalue weighted by molar-refractivity contribution is -0.137. The van der Waals surface area contributed by atoms with Gasteiger partial charge in [-0.25, -0.2) is 4.39 Å². The van der Waals surface area contributed by atoms with Crippen LogP contribution in [0.5, 0.6) is 0 Å². The second-order valence-electron chi connectivity index (χ2n) is 7.52. The molecule has 29 heavy (non-hydrogen) atoms. The van der Waals surface area contributed by atoms with Crippen LogP contribution in [-0.2, 0) is 22.8 Å². The largest absolute Gasteiger partial charge is 0.416 e. The fourth-order valence-electron chi connectivity index (χ4n) is 4.37. The Morgan fingerprint density at radius 2 is 2.10 bits per heavy atom. The number of rotatable bonds is 3. The first-order valence-corrected chi connectivity index (χ1v) is 9.07. The maximum atomic E-state index is 14.1. The molecule has 2 saturated heterocycles. The molecule has 156 valence electrons. The number of fused-ring (bicyclic) bond motifs is 2. The van der Waals surface area contributed by atoms with Crippen LogP contribution in [0.4, 0.5) is 23.2 Å². The Bertz CT molecular complexity index is 959. The number of anilines is 1. The normalized spacial score (nSPS) is 28.7. The number of aromatic nitrogens is 2. The molecule has 10 heteroatoms. The summed E-state index contributed by atoms with van der Waals surface area (Å²) < 4.78 is 60.2. The number of amides is 1. The number of alkyl halides is 3. The van der Waals surface area contributed by atoms with E-state index in [0.29, 0.717) is 29.5 Å². The van der Waals surface area contributed by atoms with Crippen LogP contribution in [0.3, 0.4) is 0 Å². The summed E-state index contributed by atoms with van der Waals surface area (Å²) in [6.07, 6.45) is -4.73. The highest BCUT2D eigenvalue weighted by Crippen LogP contribution is 2.50. The number of aliphatic hydroxyl groups is 1. The fourth-order valence-corrected chi connectivity index (χ4v) is 4.37. The van der Waals surface area contributed by atoms with Gasteiger partial charge in [-0.15, -0.1) is 0 Å². The van der Waals surface area contributed by atoms with Crippen molar-refractivity contribution in [1.82, 2.24) is 9.78 Å². The van der Waals surface area contributed by atoms with Crippen LogP contribution in [0.1, 0.15) is 29.2 Å². The number of hydrogen-bond acceptors (Lipinski definition) is 4. The zero-order valence-corrected chi connectivity index (χ0v) is 15.6. The van der Waals surface area contributed by atoms with Crippen molar-refractivity contribution in [3.8, 4) is 0 Å². The van der Waals surface area contributed by atoms with Gasteiger partial charge in [-0.3, -0.25) is 9.48 Å². The number of aryl methyl sites for hydroxylation is 2. The molecule has 0 radical (unpaired) electrons. The monoisotopic (exact) mass is 413 g/mol. The van der Waals surface area contributed by atoms with E-state index in [2.05, 4.69) is 10.4 Å². The van der Waals surface area contributed by atoms with Gasteiger partial charge in [-0.05, 0) is 30.7 Å². The van der Waals surface area contributed by atoms with Crippen LogP contribution < -0.4 is 5.32 Å².